The third-order valence-corrected chi connectivity index (χ3v) is 8.53. The summed E-state index contributed by atoms with van der Waals surface area (Å²) in [7, 11) is 0. The third kappa shape index (κ3) is 6.05. The van der Waals surface area contributed by atoms with Gasteiger partial charge >= 0.3 is 6.18 Å². The summed E-state index contributed by atoms with van der Waals surface area (Å²) in [5, 5.41) is 32.1. The van der Waals surface area contributed by atoms with Crippen molar-refractivity contribution in [3.8, 4) is 0 Å². The van der Waals surface area contributed by atoms with Crippen LogP contribution in [0.1, 0.15) is 78.6 Å². The Kier molecular flexibility index (Phi) is 8.25. The Hall–Kier alpha value is -1.38. The molecule has 0 aromatic heterocycles. The predicted molar refractivity (Wildman–Crippen MR) is 124 cm³/mol. The molecule has 7 atom stereocenters. The summed E-state index contributed by atoms with van der Waals surface area (Å²) < 4.78 is 38.6. The van der Waals surface area contributed by atoms with E-state index in [0.717, 1.165) is 37.7 Å². The highest BCUT2D eigenvalue weighted by Gasteiger charge is 2.52. The monoisotopic (exact) mass is 487 g/mol. The highest BCUT2D eigenvalue weighted by Crippen LogP contribution is 2.59. The van der Waals surface area contributed by atoms with Crippen molar-refractivity contribution in [2.24, 2.45) is 23.2 Å². The molecule has 3 saturated carbocycles. The first-order chi connectivity index (χ1) is 15.7. The van der Waals surface area contributed by atoms with Crippen molar-refractivity contribution in [1.29, 1.82) is 0 Å². The maximum Gasteiger partial charge on any atom is 0.417 e. The number of nitrogens with one attached hydrogen (secondary N) is 1. The van der Waals surface area contributed by atoms with Crippen LogP contribution in [-0.4, -0.2) is 51.8 Å². The molecule has 0 saturated heterocycles. The lowest BCUT2D eigenvalue weighted by molar-refractivity contribution is -0.253. The van der Waals surface area contributed by atoms with E-state index in [1.165, 1.54) is 5.57 Å². The molecule has 0 aliphatic heterocycles. The van der Waals surface area contributed by atoms with Crippen LogP contribution >= 0.6 is 0 Å². The van der Waals surface area contributed by atoms with Crippen LogP contribution in [0.4, 0.5) is 13.2 Å². The zero-order valence-electron chi connectivity index (χ0n) is 20.5. The Morgan fingerprint density at radius 2 is 1.85 bits per heavy atom. The molecule has 8 heteroatoms. The van der Waals surface area contributed by atoms with E-state index in [0.29, 0.717) is 44.6 Å². The molecule has 194 valence electrons. The summed E-state index contributed by atoms with van der Waals surface area (Å²) >= 11 is 0. The Morgan fingerprint density at radius 1 is 1.21 bits per heavy atom. The van der Waals surface area contributed by atoms with Gasteiger partial charge in [0.1, 0.15) is 0 Å². The lowest BCUT2D eigenvalue weighted by Gasteiger charge is -2.44. The number of allylic oxidation sites excluding steroid dienone is 3. The SMILES string of the molecule is C[C@@H](CNC(=O)C[C@](C)(O)C(F)(F)F)[C@H]1CC[C@H]2/C(=C/C=C3C[C@@H](O)C[C@H](O)C3)CCC[C@]12C. The van der Waals surface area contributed by atoms with E-state index in [4.69, 9.17) is 0 Å². The van der Waals surface area contributed by atoms with E-state index >= 15 is 0 Å². The summed E-state index contributed by atoms with van der Waals surface area (Å²) in [4.78, 5) is 12.1. The summed E-state index contributed by atoms with van der Waals surface area (Å²) in [6, 6.07) is 0. The molecule has 3 rings (SSSR count). The van der Waals surface area contributed by atoms with Gasteiger partial charge in [-0.15, -0.1) is 0 Å². The standard InChI is InChI=1S/C26H40F3NO4/c1-16(15-30-23(33)14-25(3,34)26(27,28)29)21-8-9-22-18(5-4-10-24(21,22)2)7-6-17-11-19(31)13-20(32)12-17/h6-7,16,19-22,31-32,34H,4-5,8-15H2,1-3H3,(H,30,33)/b18-7+/t16-,19+,20+,21+,22-,24+,25-/m0/s1. The summed E-state index contributed by atoms with van der Waals surface area (Å²) in [5.41, 5.74) is -0.495. The van der Waals surface area contributed by atoms with E-state index < -0.39 is 36.3 Å². The van der Waals surface area contributed by atoms with Gasteiger partial charge in [-0.2, -0.15) is 13.2 Å². The number of halogens is 3. The second-order valence-electron chi connectivity index (χ2n) is 11.3. The van der Waals surface area contributed by atoms with E-state index in [1.54, 1.807) is 0 Å². The molecule has 0 unspecified atom stereocenters. The van der Waals surface area contributed by atoms with Crippen LogP contribution in [0, 0.1) is 23.2 Å². The number of amides is 1. The van der Waals surface area contributed by atoms with E-state index in [1.807, 2.05) is 6.92 Å². The van der Waals surface area contributed by atoms with Gasteiger partial charge in [-0.3, -0.25) is 4.79 Å². The normalized spacial score (nSPS) is 36.0. The number of aliphatic hydroxyl groups is 3. The van der Waals surface area contributed by atoms with Gasteiger partial charge in [0.25, 0.3) is 0 Å². The Bertz CT molecular complexity index is 794. The van der Waals surface area contributed by atoms with Crippen LogP contribution in [0.15, 0.2) is 23.3 Å². The number of rotatable bonds is 6. The van der Waals surface area contributed by atoms with Gasteiger partial charge < -0.3 is 20.6 Å². The number of aliphatic hydroxyl groups excluding tert-OH is 2. The van der Waals surface area contributed by atoms with Crippen LogP contribution in [0.25, 0.3) is 0 Å². The van der Waals surface area contributed by atoms with Crippen molar-refractivity contribution in [2.75, 3.05) is 6.54 Å². The van der Waals surface area contributed by atoms with E-state index in [-0.39, 0.29) is 11.3 Å². The molecule has 0 aromatic carbocycles. The van der Waals surface area contributed by atoms with Crippen LogP contribution in [0.2, 0.25) is 0 Å². The van der Waals surface area contributed by atoms with Crippen molar-refractivity contribution >= 4 is 5.91 Å². The molecule has 4 N–H and O–H groups in total. The van der Waals surface area contributed by atoms with Crippen molar-refractivity contribution in [1.82, 2.24) is 5.32 Å². The lowest BCUT2D eigenvalue weighted by Crippen LogP contribution is -2.47. The molecule has 0 spiro atoms. The molecule has 0 heterocycles. The minimum atomic E-state index is -4.85. The number of carbonyl (C=O) groups excluding carboxylic acids is 1. The zero-order chi connectivity index (χ0) is 25.3. The largest absolute Gasteiger partial charge is 0.417 e. The van der Waals surface area contributed by atoms with Crippen LogP contribution in [-0.2, 0) is 4.79 Å². The molecule has 1 amide bonds. The van der Waals surface area contributed by atoms with Crippen LogP contribution in [0.3, 0.4) is 0 Å². The van der Waals surface area contributed by atoms with Crippen molar-refractivity contribution in [3.05, 3.63) is 23.3 Å². The number of fused-ring (bicyclic) bond motifs is 1. The maximum absolute atomic E-state index is 12.9. The number of alkyl halides is 3. The van der Waals surface area contributed by atoms with E-state index in [2.05, 4.69) is 24.4 Å². The summed E-state index contributed by atoms with van der Waals surface area (Å²) in [6.45, 7) is 5.26. The Balaban J connectivity index is 1.62. The minimum Gasteiger partial charge on any atom is -0.393 e. The van der Waals surface area contributed by atoms with Gasteiger partial charge in [-0.1, -0.05) is 37.1 Å². The Labute approximate surface area is 200 Å². The zero-order valence-corrected chi connectivity index (χ0v) is 20.5. The highest BCUT2D eigenvalue weighted by molar-refractivity contribution is 5.77. The van der Waals surface area contributed by atoms with Crippen molar-refractivity contribution in [3.63, 3.8) is 0 Å². The summed E-state index contributed by atoms with van der Waals surface area (Å²) in [6.07, 6.45) is 4.29. The number of hydrogen-bond donors (Lipinski definition) is 4. The molecular formula is C26H40F3NO4. The molecule has 0 bridgehead atoms. The fraction of sp³-hybridized carbons (Fsp3) is 0.808. The minimum absolute atomic E-state index is 0.0653. The maximum atomic E-state index is 12.9. The van der Waals surface area contributed by atoms with Gasteiger partial charge in [0.15, 0.2) is 5.60 Å². The first-order valence-corrected chi connectivity index (χ1v) is 12.5. The van der Waals surface area contributed by atoms with Gasteiger partial charge in [-0.25, -0.2) is 0 Å². The van der Waals surface area contributed by atoms with Crippen molar-refractivity contribution < 1.29 is 33.3 Å². The fourth-order valence-electron chi connectivity index (χ4n) is 6.64. The van der Waals surface area contributed by atoms with Gasteiger partial charge in [0.2, 0.25) is 5.91 Å². The molecule has 34 heavy (non-hydrogen) atoms. The molecule has 3 aliphatic rings. The smallest absolute Gasteiger partial charge is 0.393 e. The summed E-state index contributed by atoms with van der Waals surface area (Å²) in [5.74, 6) is 0.0824. The quantitative estimate of drug-likeness (QED) is 0.447. The predicted octanol–water partition coefficient (Wildman–Crippen LogP) is 4.42. The third-order valence-electron chi connectivity index (χ3n) is 8.53. The van der Waals surface area contributed by atoms with Crippen LogP contribution < -0.4 is 5.32 Å². The highest BCUT2D eigenvalue weighted by atomic mass is 19.4. The Morgan fingerprint density at radius 3 is 2.47 bits per heavy atom. The van der Waals surface area contributed by atoms with Crippen LogP contribution in [0.5, 0.6) is 0 Å². The molecule has 5 nitrogen and oxygen atoms in total. The number of hydrogen-bond acceptors (Lipinski definition) is 4. The second-order valence-corrected chi connectivity index (χ2v) is 11.3. The molecule has 3 aliphatic carbocycles. The average molecular weight is 488 g/mol. The average Bonchev–Trinajstić information content (AvgIpc) is 3.06. The van der Waals surface area contributed by atoms with Gasteiger partial charge in [-0.05, 0) is 81.5 Å². The lowest BCUT2D eigenvalue weighted by atomic mass is 9.61. The first-order valence-electron chi connectivity index (χ1n) is 12.5. The van der Waals surface area contributed by atoms with Gasteiger partial charge in [0.05, 0.1) is 18.6 Å². The molecule has 3 fully saturated rings. The fourth-order valence-corrected chi connectivity index (χ4v) is 6.64. The topological polar surface area (TPSA) is 89.8 Å². The number of carbonyl (C=O) groups is 1. The van der Waals surface area contributed by atoms with Crippen molar-refractivity contribution in [2.45, 2.75) is 103 Å². The molecule has 0 radical (unpaired) electrons. The first kappa shape index (κ1) is 27.2. The van der Waals surface area contributed by atoms with Gasteiger partial charge in [0, 0.05) is 6.54 Å². The molecule has 0 aromatic rings. The molecular weight excluding hydrogens is 447 g/mol. The van der Waals surface area contributed by atoms with E-state index in [9.17, 15) is 33.3 Å². The second kappa shape index (κ2) is 10.3.